The van der Waals surface area contributed by atoms with Crippen molar-refractivity contribution in [1.29, 1.82) is 0 Å². The third kappa shape index (κ3) is 5.23. The highest BCUT2D eigenvalue weighted by atomic mass is 32.2. The summed E-state index contributed by atoms with van der Waals surface area (Å²) in [5, 5.41) is 13.6. The molecular formula is C19H23N3O6S. The molecule has 10 heteroatoms. The maximum atomic E-state index is 13.0. The number of ether oxygens (including phenoxy) is 1. The Morgan fingerprint density at radius 1 is 1.24 bits per heavy atom. The van der Waals surface area contributed by atoms with Crippen molar-refractivity contribution in [3.63, 3.8) is 0 Å². The lowest BCUT2D eigenvalue weighted by Crippen LogP contribution is -2.47. The van der Waals surface area contributed by atoms with Crippen LogP contribution in [0.25, 0.3) is 0 Å². The molecule has 156 valence electrons. The molecule has 0 aliphatic heterocycles. The van der Waals surface area contributed by atoms with Gasteiger partial charge < -0.3 is 10.1 Å². The monoisotopic (exact) mass is 421 g/mol. The van der Waals surface area contributed by atoms with Crippen molar-refractivity contribution in [3.8, 4) is 5.75 Å². The van der Waals surface area contributed by atoms with E-state index < -0.39 is 26.9 Å². The predicted molar refractivity (Wildman–Crippen MR) is 111 cm³/mol. The quantitative estimate of drug-likeness (QED) is 0.517. The topological polar surface area (TPSA) is 119 Å². The lowest BCUT2D eigenvalue weighted by atomic mass is 10.1. The van der Waals surface area contributed by atoms with E-state index in [4.69, 9.17) is 4.74 Å². The van der Waals surface area contributed by atoms with Crippen molar-refractivity contribution in [1.82, 2.24) is 0 Å². The molecule has 0 spiro atoms. The number of hydrogen-bond donors (Lipinski definition) is 1. The highest BCUT2D eigenvalue weighted by molar-refractivity contribution is 7.92. The molecule has 0 fully saturated rings. The molecule has 1 amide bonds. The molecule has 9 nitrogen and oxygen atoms in total. The summed E-state index contributed by atoms with van der Waals surface area (Å²) in [4.78, 5) is 23.4. The Morgan fingerprint density at radius 3 is 2.34 bits per heavy atom. The summed E-state index contributed by atoms with van der Waals surface area (Å²) < 4.78 is 31.1. The molecule has 0 saturated carbocycles. The van der Waals surface area contributed by atoms with Gasteiger partial charge in [0.15, 0.2) is 0 Å². The van der Waals surface area contributed by atoms with Crippen LogP contribution in [0.2, 0.25) is 0 Å². The normalized spacial score (nSPS) is 12.1. The number of carbonyl (C=O) groups excluding carboxylic acids is 1. The first-order valence-corrected chi connectivity index (χ1v) is 10.6. The summed E-state index contributed by atoms with van der Waals surface area (Å²) in [7, 11) is -2.42. The van der Waals surface area contributed by atoms with E-state index in [0.717, 1.165) is 16.1 Å². The summed E-state index contributed by atoms with van der Waals surface area (Å²) in [6.07, 6.45) is 1.21. The van der Waals surface area contributed by atoms with Crippen molar-refractivity contribution >= 4 is 33.0 Å². The minimum atomic E-state index is -3.78. The average Bonchev–Trinajstić information content (AvgIpc) is 2.65. The van der Waals surface area contributed by atoms with Gasteiger partial charge in [0.25, 0.3) is 5.69 Å². The van der Waals surface area contributed by atoms with Gasteiger partial charge in [-0.05, 0) is 31.5 Å². The van der Waals surface area contributed by atoms with Crippen LogP contribution in [-0.4, -0.2) is 38.7 Å². The molecule has 0 radical (unpaired) electrons. The van der Waals surface area contributed by atoms with Crippen LogP contribution < -0.4 is 14.4 Å². The number of methoxy groups -OCH3 is 1. The number of nitro benzene ring substituents is 1. The molecule has 0 aromatic heterocycles. The van der Waals surface area contributed by atoms with Crippen LogP contribution in [0.5, 0.6) is 5.75 Å². The van der Waals surface area contributed by atoms with Crippen LogP contribution in [0.4, 0.5) is 17.1 Å². The highest BCUT2D eigenvalue weighted by Crippen LogP contribution is 2.30. The van der Waals surface area contributed by atoms with Crippen molar-refractivity contribution < 1.29 is 22.9 Å². The molecule has 0 aliphatic rings. The zero-order valence-corrected chi connectivity index (χ0v) is 17.4. The number of aryl methyl sites for hydroxylation is 1. The fourth-order valence-electron chi connectivity index (χ4n) is 2.88. The van der Waals surface area contributed by atoms with E-state index in [1.165, 1.54) is 25.3 Å². The highest BCUT2D eigenvalue weighted by Gasteiger charge is 2.32. The number of amides is 1. The van der Waals surface area contributed by atoms with Gasteiger partial charge in [-0.2, -0.15) is 0 Å². The van der Waals surface area contributed by atoms with Gasteiger partial charge in [-0.3, -0.25) is 19.2 Å². The Bertz CT molecular complexity index is 1010. The van der Waals surface area contributed by atoms with Gasteiger partial charge in [0.05, 0.1) is 29.7 Å². The number of nitrogens with zero attached hydrogens (tertiary/aromatic N) is 2. The number of nitro groups is 1. The van der Waals surface area contributed by atoms with E-state index in [0.29, 0.717) is 5.69 Å². The first kappa shape index (κ1) is 22.2. The molecule has 0 bridgehead atoms. The van der Waals surface area contributed by atoms with Gasteiger partial charge in [-0.15, -0.1) is 0 Å². The molecule has 2 aromatic carbocycles. The third-order valence-corrected chi connectivity index (χ3v) is 5.45. The first-order valence-electron chi connectivity index (χ1n) is 8.77. The number of benzene rings is 2. The molecule has 0 saturated heterocycles. The van der Waals surface area contributed by atoms with E-state index in [2.05, 4.69) is 5.32 Å². The number of rotatable bonds is 8. The molecule has 0 aliphatic carbocycles. The van der Waals surface area contributed by atoms with E-state index in [-0.39, 0.29) is 23.5 Å². The molecule has 2 aromatic rings. The number of hydrogen-bond acceptors (Lipinski definition) is 6. The zero-order valence-electron chi connectivity index (χ0n) is 16.6. The van der Waals surface area contributed by atoms with Gasteiger partial charge in [-0.25, -0.2) is 8.42 Å². The second-order valence-corrected chi connectivity index (χ2v) is 8.31. The summed E-state index contributed by atoms with van der Waals surface area (Å²) in [5.74, 6) is -0.405. The summed E-state index contributed by atoms with van der Waals surface area (Å²) in [5.41, 5.74) is 1.15. The number of carbonyl (C=O) groups is 1. The number of nitrogens with one attached hydrogen (secondary N) is 1. The minimum absolute atomic E-state index is 0.0857. The van der Waals surface area contributed by atoms with Gasteiger partial charge in [0.1, 0.15) is 11.8 Å². The van der Waals surface area contributed by atoms with Crippen LogP contribution in [0.3, 0.4) is 0 Å². The number of anilines is 2. The van der Waals surface area contributed by atoms with Gasteiger partial charge in [0.2, 0.25) is 15.9 Å². The predicted octanol–water partition coefficient (Wildman–Crippen LogP) is 3.10. The Morgan fingerprint density at radius 2 is 1.86 bits per heavy atom. The Kier molecular flexibility index (Phi) is 6.80. The molecule has 2 rings (SSSR count). The fourth-order valence-corrected chi connectivity index (χ4v) is 4.09. The van der Waals surface area contributed by atoms with Crippen molar-refractivity contribution in [2.45, 2.75) is 26.3 Å². The number of sulfonamides is 1. The Labute approximate surface area is 169 Å². The van der Waals surface area contributed by atoms with Gasteiger partial charge in [-0.1, -0.05) is 24.6 Å². The molecule has 0 unspecified atom stereocenters. The van der Waals surface area contributed by atoms with Gasteiger partial charge >= 0.3 is 0 Å². The largest absolute Gasteiger partial charge is 0.495 e. The van der Waals surface area contributed by atoms with E-state index in [1.807, 2.05) is 6.92 Å². The lowest BCUT2D eigenvalue weighted by Gasteiger charge is -2.30. The summed E-state index contributed by atoms with van der Waals surface area (Å²) >= 11 is 0. The van der Waals surface area contributed by atoms with Crippen molar-refractivity contribution in [2.24, 2.45) is 0 Å². The Hall–Kier alpha value is -3.14. The van der Waals surface area contributed by atoms with Crippen molar-refractivity contribution in [3.05, 3.63) is 58.1 Å². The lowest BCUT2D eigenvalue weighted by molar-refractivity contribution is -0.384. The SMILES string of the molecule is CC[C@@H](C(=O)Nc1cc([N+](=O)[O-])ccc1OC)N(c1ccc(C)cc1)S(C)(=O)=O. The third-order valence-electron chi connectivity index (χ3n) is 4.27. The first-order chi connectivity index (χ1) is 13.6. The Balaban J connectivity index is 2.44. The minimum Gasteiger partial charge on any atom is -0.495 e. The van der Waals surface area contributed by atoms with Crippen LogP contribution in [0.15, 0.2) is 42.5 Å². The number of non-ortho nitro benzene ring substituents is 1. The second-order valence-electron chi connectivity index (χ2n) is 6.45. The van der Waals surface area contributed by atoms with Crippen LogP contribution in [0.1, 0.15) is 18.9 Å². The fraction of sp³-hybridized carbons (Fsp3) is 0.316. The standard InChI is InChI=1S/C19H23N3O6S/c1-5-17(21(29(4,26)27)14-8-6-13(2)7-9-14)19(23)20-16-12-15(22(24)25)10-11-18(16)28-3/h6-12,17H,5H2,1-4H3,(H,20,23)/t17-/m0/s1. The molecule has 1 atom stereocenters. The zero-order chi connectivity index (χ0) is 21.8. The van der Waals surface area contributed by atoms with Gasteiger partial charge in [0, 0.05) is 12.1 Å². The van der Waals surface area contributed by atoms with E-state index in [1.54, 1.807) is 31.2 Å². The van der Waals surface area contributed by atoms with Crippen LogP contribution in [-0.2, 0) is 14.8 Å². The van der Waals surface area contributed by atoms with Crippen molar-refractivity contribution in [2.75, 3.05) is 23.0 Å². The maximum Gasteiger partial charge on any atom is 0.271 e. The molecule has 0 heterocycles. The summed E-state index contributed by atoms with van der Waals surface area (Å²) in [6, 6.07) is 9.48. The molecule has 1 N–H and O–H groups in total. The van der Waals surface area contributed by atoms with E-state index >= 15 is 0 Å². The average molecular weight is 421 g/mol. The molecule has 29 heavy (non-hydrogen) atoms. The summed E-state index contributed by atoms with van der Waals surface area (Å²) in [6.45, 7) is 3.55. The van der Waals surface area contributed by atoms with Crippen LogP contribution >= 0.6 is 0 Å². The van der Waals surface area contributed by atoms with E-state index in [9.17, 15) is 23.3 Å². The van der Waals surface area contributed by atoms with Crippen LogP contribution in [0, 0.1) is 17.0 Å². The second kappa shape index (κ2) is 8.91. The smallest absolute Gasteiger partial charge is 0.271 e. The maximum absolute atomic E-state index is 13.0. The molecular weight excluding hydrogens is 398 g/mol.